The zero-order valence-electron chi connectivity index (χ0n) is 10.1. The van der Waals surface area contributed by atoms with E-state index in [-0.39, 0.29) is 11.9 Å². The van der Waals surface area contributed by atoms with E-state index in [1.807, 2.05) is 24.1 Å². The molecule has 4 heteroatoms. The van der Waals surface area contributed by atoms with E-state index in [2.05, 4.69) is 4.98 Å². The van der Waals surface area contributed by atoms with Gasteiger partial charge in [0.25, 0.3) is 5.91 Å². The largest absolute Gasteiger partial charge is 0.365 e. The first kappa shape index (κ1) is 10.8. The second-order valence-corrected chi connectivity index (χ2v) is 5.39. The lowest BCUT2D eigenvalue weighted by Crippen LogP contribution is -2.32. The van der Waals surface area contributed by atoms with Crippen LogP contribution in [0.5, 0.6) is 0 Å². The molecule has 0 aromatic carbocycles. The Balaban J connectivity index is 1.73. The standard InChI is InChI=1S/C13H19N3O/c1-8-10(4-5-15-8)13(17)16-6-11(9-2-3-9)12(14)7-16/h4-5,9,11-12,15H,2-3,6-7,14H2,1H3/t11-,12+/m0/s1. The van der Waals surface area contributed by atoms with Gasteiger partial charge in [-0.15, -0.1) is 0 Å². The molecule has 4 nitrogen and oxygen atoms in total. The van der Waals surface area contributed by atoms with Gasteiger partial charge >= 0.3 is 0 Å². The van der Waals surface area contributed by atoms with Crippen molar-refractivity contribution in [3.63, 3.8) is 0 Å². The van der Waals surface area contributed by atoms with Crippen molar-refractivity contribution in [2.75, 3.05) is 13.1 Å². The molecule has 17 heavy (non-hydrogen) atoms. The molecule has 2 aliphatic rings. The number of aromatic amines is 1. The van der Waals surface area contributed by atoms with Crippen LogP contribution >= 0.6 is 0 Å². The van der Waals surface area contributed by atoms with Crippen LogP contribution < -0.4 is 5.73 Å². The minimum absolute atomic E-state index is 0.127. The summed E-state index contributed by atoms with van der Waals surface area (Å²) < 4.78 is 0. The number of aryl methyl sites for hydroxylation is 1. The van der Waals surface area contributed by atoms with Gasteiger partial charge in [-0.25, -0.2) is 0 Å². The number of hydrogen-bond acceptors (Lipinski definition) is 2. The molecule has 2 heterocycles. The molecule has 3 N–H and O–H groups in total. The van der Waals surface area contributed by atoms with Crippen LogP contribution in [-0.4, -0.2) is 34.9 Å². The van der Waals surface area contributed by atoms with Crippen LogP contribution in [0, 0.1) is 18.8 Å². The van der Waals surface area contributed by atoms with Crippen molar-refractivity contribution in [3.8, 4) is 0 Å². The topological polar surface area (TPSA) is 62.1 Å². The summed E-state index contributed by atoms with van der Waals surface area (Å²) >= 11 is 0. The van der Waals surface area contributed by atoms with Gasteiger partial charge in [-0.1, -0.05) is 0 Å². The normalized spacial score (nSPS) is 28.7. The van der Waals surface area contributed by atoms with Crippen molar-refractivity contribution in [2.24, 2.45) is 17.6 Å². The molecule has 1 aromatic rings. The van der Waals surface area contributed by atoms with Crippen LogP contribution in [0.2, 0.25) is 0 Å². The van der Waals surface area contributed by atoms with Crippen molar-refractivity contribution in [3.05, 3.63) is 23.5 Å². The van der Waals surface area contributed by atoms with E-state index in [1.54, 1.807) is 0 Å². The molecular weight excluding hydrogens is 214 g/mol. The zero-order valence-corrected chi connectivity index (χ0v) is 10.1. The summed E-state index contributed by atoms with van der Waals surface area (Å²) in [5.41, 5.74) is 7.87. The SMILES string of the molecule is Cc1[nH]ccc1C(=O)N1C[C@@H](N)[C@H](C2CC2)C1. The predicted molar refractivity (Wildman–Crippen MR) is 65.6 cm³/mol. The van der Waals surface area contributed by atoms with Crippen LogP contribution in [0.15, 0.2) is 12.3 Å². The lowest BCUT2D eigenvalue weighted by molar-refractivity contribution is 0.0784. The van der Waals surface area contributed by atoms with E-state index in [9.17, 15) is 4.79 Å². The minimum Gasteiger partial charge on any atom is -0.365 e. The third-order valence-electron chi connectivity index (χ3n) is 4.11. The highest BCUT2D eigenvalue weighted by molar-refractivity contribution is 5.95. The average Bonchev–Trinajstić information content (AvgIpc) is 2.94. The molecule has 2 atom stereocenters. The summed E-state index contributed by atoms with van der Waals surface area (Å²) in [5.74, 6) is 1.43. The van der Waals surface area contributed by atoms with Crippen LogP contribution in [-0.2, 0) is 0 Å². The quantitative estimate of drug-likeness (QED) is 0.804. The van der Waals surface area contributed by atoms with Gasteiger partial charge in [0.1, 0.15) is 0 Å². The second kappa shape index (κ2) is 3.88. The molecule has 1 saturated heterocycles. The third-order valence-corrected chi connectivity index (χ3v) is 4.11. The van der Waals surface area contributed by atoms with Gasteiger partial charge in [0.15, 0.2) is 0 Å². The first-order chi connectivity index (χ1) is 8.16. The maximum absolute atomic E-state index is 12.3. The molecule has 3 rings (SSSR count). The maximum Gasteiger partial charge on any atom is 0.255 e. The van der Waals surface area contributed by atoms with E-state index in [0.29, 0.717) is 12.5 Å². The number of carbonyl (C=O) groups is 1. The Morgan fingerprint density at radius 3 is 2.82 bits per heavy atom. The number of hydrogen-bond donors (Lipinski definition) is 2. The number of carbonyl (C=O) groups excluding carboxylic acids is 1. The summed E-state index contributed by atoms with van der Waals surface area (Å²) in [6.07, 6.45) is 4.41. The van der Waals surface area contributed by atoms with Crippen molar-refractivity contribution in [2.45, 2.75) is 25.8 Å². The Hall–Kier alpha value is -1.29. The molecular formula is C13H19N3O. The molecule has 92 valence electrons. The van der Waals surface area contributed by atoms with Gasteiger partial charge in [0.05, 0.1) is 5.56 Å². The Labute approximate surface area is 101 Å². The van der Waals surface area contributed by atoms with Crippen LogP contribution in [0.1, 0.15) is 28.9 Å². The number of rotatable bonds is 2. The molecule has 1 saturated carbocycles. The Morgan fingerprint density at radius 1 is 1.47 bits per heavy atom. The first-order valence-electron chi connectivity index (χ1n) is 6.35. The molecule has 1 amide bonds. The van der Waals surface area contributed by atoms with Crippen LogP contribution in [0.4, 0.5) is 0 Å². The molecule has 0 radical (unpaired) electrons. The fourth-order valence-electron chi connectivity index (χ4n) is 2.90. The lowest BCUT2D eigenvalue weighted by Gasteiger charge is -2.16. The van der Waals surface area contributed by atoms with E-state index >= 15 is 0 Å². The fourth-order valence-corrected chi connectivity index (χ4v) is 2.90. The minimum atomic E-state index is 0.127. The number of nitrogens with zero attached hydrogens (tertiary/aromatic N) is 1. The molecule has 0 spiro atoms. The smallest absolute Gasteiger partial charge is 0.255 e. The van der Waals surface area contributed by atoms with E-state index in [0.717, 1.165) is 23.7 Å². The van der Waals surface area contributed by atoms with E-state index in [1.165, 1.54) is 12.8 Å². The van der Waals surface area contributed by atoms with Gasteiger partial charge in [-0.05, 0) is 37.7 Å². The Bertz CT molecular complexity index is 436. The Kier molecular flexibility index (Phi) is 2.47. The maximum atomic E-state index is 12.3. The molecule has 0 unspecified atom stereocenters. The van der Waals surface area contributed by atoms with Gasteiger partial charge < -0.3 is 15.6 Å². The third kappa shape index (κ3) is 1.86. The number of amides is 1. The second-order valence-electron chi connectivity index (χ2n) is 5.39. The van der Waals surface area contributed by atoms with Crippen LogP contribution in [0.25, 0.3) is 0 Å². The number of nitrogens with two attached hydrogens (primary N) is 1. The zero-order chi connectivity index (χ0) is 12.0. The highest BCUT2D eigenvalue weighted by Gasteiger charge is 2.42. The fraction of sp³-hybridized carbons (Fsp3) is 0.615. The van der Waals surface area contributed by atoms with E-state index < -0.39 is 0 Å². The number of aromatic nitrogens is 1. The summed E-state index contributed by atoms with van der Waals surface area (Å²) in [6.45, 7) is 3.49. The van der Waals surface area contributed by atoms with Gasteiger partial charge in [0.2, 0.25) is 0 Å². The molecule has 1 aliphatic carbocycles. The van der Waals surface area contributed by atoms with Crippen molar-refractivity contribution >= 4 is 5.91 Å². The summed E-state index contributed by atoms with van der Waals surface area (Å²) in [5, 5.41) is 0. The Morgan fingerprint density at radius 2 is 2.24 bits per heavy atom. The van der Waals surface area contributed by atoms with Gasteiger partial charge in [-0.2, -0.15) is 0 Å². The highest BCUT2D eigenvalue weighted by Crippen LogP contribution is 2.41. The van der Waals surface area contributed by atoms with Crippen molar-refractivity contribution < 1.29 is 4.79 Å². The average molecular weight is 233 g/mol. The monoisotopic (exact) mass is 233 g/mol. The number of H-pyrrole nitrogens is 1. The van der Waals surface area contributed by atoms with Crippen molar-refractivity contribution in [1.29, 1.82) is 0 Å². The van der Waals surface area contributed by atoms with Crippen molar-refractivity contribution in [1.82, 2.24) is 9.88 Å². The summed E-state index contributed by atoms with van der Waals surface area (Å²) in [4.78, 5) is 17.3. The van der Waals surface area contributed by atoms with Gasteiger partial charge in [0, 0.05) is 31.0 Å². The lowest BCUT2D eigenvalue weighted by atomic mass is 9.99. The van der Waals surface area contributed by atoms with E-state index in [4.69, 9.17) is 5.73 Å². The highest BCUT2D eigenvalue weighted by atomic mass is 16.2. The first-order valence-corrected chi connectivity index (χ1v) is 6.35. The molecule has 1 aromatic heterocycles. The number of likely N-dealkylation sites (tertiary alicyclic amines) is 1. The predicted octanol–water partition coefficient (Wildman–Crippen LogP) is 1.13. The number of nitrogens with one attached hydrogen (secondary N) is 1. The van der Waals surface area contributed by atoms with Crippen LogP contribution in [0.3, 0.4) is 0 Å². The van der Waals surface area contributed by atoms with Gasteiger partial charge in [-0.3, -0.25) is 4.79 Å². The summed E-state index contributed by atoms with van der Waals surface area (Å²) in [6, 6.07) is 2.03. The molecule has 2 fully saturated rings. The summed E-state index contributed by atoms with van der Waals surface area (Å²) in [7, 11) is 0. The molecule has 1 aliphatic heterocycles. The molecule has 0 bridgehead atoms.